The van der Waals surface area contributed by atoms with Gasteiger partial charge in [-0.05, 0) is 17.4 Å². The predicted octanol–water partition coefficient (Wildman–Crippen LogP) is 3.28. The summed E-state index contributed by atoms with van der Waals surface area (Å²) in [7, 11) is 0. The second-order valence-corrected chi connectivity index (χ2v) is 5.58. The van der Waals surface area contributed by atoms with Crippen molar-refractivity contribution in [1.82, 2.24) is 15.2 Å². The summed E-state index contributed by atoms with van der Waals surface area (Å²) in [5.41, 5.74) is 0. The van der Waals surface area contributed by atoms with Crippen LogP contribution in [0.2, 0.25) is 0 Å². The van der Waals surface area contributed by atoms with E-state index in [0.29, 0.717) is 5.92 Å². The van der Waals surface area contributed by atoms with Crippen molar-refractivity contribution in [2.45, 2.75) is 19.0 Å². The maximum atomic E-state index is 4.43. The molecular formula is C10H13N3S2. The largest absolute Gasteiger partial charge is 0.257 e. The van der Waals surface area contributed by atoms with E-state index in [4.69, 9.17) is 0 Å². The van der Waals surface area contributed by atoms with Crippen molar-refractivity contribution >= 4 is 23.1 Å². The number of hydrogen-bond acceptors (Lipinski definition) is 4. The summed E-state index contributed by atoms with van der Waals surface area (Å²) in [5.74, 6) is 2.59. The van der Waals surface area contributed by atoms with Crippen molar-refractivity contribution in [3.8, 4) is 10.7 Å². The first-order valence-electron chi connectivity index (χ1n) is 4.85. The Morgan fingerprint density at radius 3 is 3.07 bits per heavy atom. The summed E-state index contributed by atoms with van der Waals surface area (Å²) in [6, 6.07) is 4.06. The van der Waals surface area contributed by atoms with E-state index in [1.54, 1.807) is 23.1 Å². The smallest absolute Gasteiger partial charge is 0.208 e. The quantitative estimate of drug-likeness (QED) is 0.832. The number of thioether (sulfide) groups is 1. The lowest BCUT2D eigenvalue weighted by molar-refractivity contribution is 0.748. The Morgan fingerprint density at radius 2 is 2.40 bits per heavy atom. The Morgan fingerprint density at radius 1 is 1.53 bits per heavy atom. The minimum atomic E-state index is 0.665. The van der Waals surface area contributed by atoms with Crippen LogP contribution in [0.15, 0.2) is 22.7 Å². The van der Waals surface area contributed by atoms with Crippen LogP contribution in [0.1, 0.15) is 13.8 Å². The number of hydrogen-bond donors (Lipinski definition) is 1. The van der Waals surface area contributed by atoms with Crippen molar-refractivity contribution in [2.75, 3.05) is 5.75 Å². The molecule has 2 aromatic rings. The highest BCUT2D eigenvalue weighted by Gasteiger charge is 2.07. The molecule has 2 rings (SSSR count). The van der Waals surface area contributed by atoms with Gasteiger partial charge in [0.15, 0.2) is 5.82 Å². The number of aromatic amines is 1. The molecule has 3 nitrogen and oxygen atoms in total. The van der Waals surface area contributed by atoms with E-state index in [1.807, 2.05) is 17.5 Å². The lowest BCUT2D eigenvalue weighted by Gasteiger charge is -1.98. The summed E-state index contributed by atoms with van der Waals surface area (Å²) in [4.78, 5) is 5.57. The van der Waals surface area contributed by atoms with Crippen LogP contribution in [-0.4, -0.2) is 20.9 Å². The summed E-state index contributed by atoms with van der Waals surface area (Å²) in [5, 5.41) is 10.0. The third-order valence-electron chi connectivity index (χ3n) is 1.77. The number of rotatable bonds is 4. The fourth-order valence-electron chi connectivity index (χ4n) is 1.08. The average molecular weight is 239 g/mol. The van der Waals surface area contributed by atoms with Crippen LogP contribution in [0, 0.1) is 5.92 Å². The van der Waals surface area contributed by atoms with Crippen molar-refractivity contribution < 1.29 is 0 Å². The van der Waals surface area contributed by atoms with Gasteiger partial charge < -0.3 is 0 Å². The SMILES string of the molecule is CC(C)CSc1n[nH]c(-c2cccs2)n1. The van der Waals surface area contributed by atoms with Crippen LogP contribution in [-0.2, 0) is 0 Å². The molecule has 0 fully saturated rings. The number of H-pyrrole nitrogens is 1. The van der Waals surface area contributed by atoms with Gasteiger partial charge in [0.1, 0.15) is 0 Å². The molecule has 2 heterocycles. The molecule has 1 N–H and O–H groups in total. The van der Waals surface area contributed by atoms with Crippen LogP contribution in [0.4, 0.5) is 0 Å². The molecule has 0 saturated heterocycles. The van der Waals surface area contributed by atoms with Gasteiger partial charge in [0.25, 0.3) is 0 Å². The van der Waals surface area contributed by atoms with E-state index in [9.17, 15) is 0 Å². The molecule has 2 aromatic heterocycles. The maximum Gasteiger partial charge on any atom is 0.208 e. The van der Waals surface area contributed by atoms with E-state index in [0.717, 1.165) is 21.6 Å². The van der Waals surface area contributed by atoms with Gasteiger partial charge in [0.2, 0.25) is 5.16 Å². The van der Waals surface area contributed by atoms with Crippen molar-refractivity contribution in [2.24, 2.45) is 5.92 Å². The molecule has 0 aliphatic carbocycles. The highest BCUT2D eigenvalue weighted by Crippen LogP contribution is 2.23. The predicted molar refractivity (Wildman–Crippen MR) is 65.3 cm³/mol. The lowest BCUT2D eigenvalue weighted by Crippen LogP contribution is -1.90. The standard InChI is InChI=1S/C10H13N3S2/c1-7(2)6-15-10-11-9(12-13-10)8-4-3-5-14-8/h3-5,7H,6H2,1-2H3,(H,11,12,13). The Bertz CT molecular complexity index is 406. The monoisotopic (exact) mass is 239 g/mol. The highest BCUT2D eigenvalue weighted by molar-refractivity contribution is 7.99. The first-order valence-corrected chi connectivity index (χ1v) is 6.71. The molecule has 15 heavy (non-hydrogen) atoms. The molecule has 0 amide bonds. The number of thiophene rings is 1. The van der Waals surface area contributed by atoms with Crippen LogP contribution in [0.25, 0.3) is 10.7 Å². The van der Waals surface area contributed by atoms with Gasteiger partial charge in [-0.2, -0.15) is 0 Å². The molecule has 0 spiro atoms. The van der Waals surface area contributed by atoms with Gasteiger partial charge in [-0.15, -0.1) is 16.4 Å². The van der Waals surface area contributed by atoms with Crippen molar-refractivity contribution in [3.05, 3.63) is 17.5 Å². The van der Waals surface area contributed by atoms with Crippen LogP contribution >= 0.6 is 23.1 Å². The molecule has 0 radical (unpaired) electrons. The first-order chi connectivity index (χ1) is 7.25. The fourth-order valence-corrected chi connectivity index (χ4v) is 2.49. The zero-order chi connectivity index (χ0) is 10.7. The molecule has 0 aliphatic heterocycles. The zero-order valence-corrected chi connectivity index (χ0v) is 10.4. The van der Waals surface area contributed by atoms with Crippen LogP contribution in [0.5, 0.6) is 0 Å². The highest BCUT2D eigenvalue weighted by atomic mass is 32.2. The van der Waals surface area contributed by atoms with Gasteiger partial charge in [-0.25, -0.2) is 4.98 Å². The van der Waals surface area contributed by atoms with Gasteiger partial charge in [-0.1, -0.05) is 31.7 Å². The van der Waals surface area contributed by atoms with Crippen LogP contribution in [0.3, 0.4) is 0 Å². The Labute approximate surface area is 97.3 Å². The van der Waals surface area contributed by atoms with Gasteiger partial charge in [0.05, 0.1) is 4.88 Å². The first kappa shape index (κ1) is 10.7. The van der Waals surface area contributed by atoms with E-state index >= 15 is 0 Å². The third-order valence-corrected chi connectivity index (χ3v) is 3.92. The minimum absolute atomic E-state index is 0.665. The van der Waals surface area contributed by atoms with Crippen molar-refractivity contribution in [3.63, 3.8) is 0 Å². The molecular weight excluding hydrogens is 226 g/mol. The number of nitrogens with zero attached hydrogens (tertiary/aromatic N) is 2. The number of nitrogens with one attached hydrogen (secondary N) is 1. The zero-order valence-electron chi connectivity index (χ0n) is 8.73. The average Bonchev–Trinajstić information content (AvgIpc) is 2.85. The maximum absolute atomic E-state index is 4.43. The van der Waals surface area contributed by atoms with Crippen LogP contribution < -0.4 is 0 Å². The Hall–Kier alpha value is -0.810. The van der Waals surface area contributed by atoms with E-state index in [-0.39, 0.29) is 0 Å². The Kier molecular flexibility index (Phi) is 3.43. The van der Waals surface area contributed by atoms with Crippen molar-refractivity contribution in [1.29, 1.82) is 0 Å². The second-order valence-electron chi connectivity index (χ2n) is 3.65. The van der Waals surface area contributed by atoms with Gasteiger partial charge >= 0.3 is 0 Å². The molecule has 0 atom stereocenters. The molecule has 0 saturated carbocycles. The fraction of sp³-hybridized carbons (Fsp3) is 0.400. The molecule has 0 bridgehead atoms. The summed E-state index contributed by atoms with van der Waals surface area (Å²) >= 11 is 3.37. The molecule has 0 unspecified atom stereocenters. The normalized spacial score (nSPS) is 11.1. The minimum Gasteiger partial charge on any atom is -0.257 e. The topological polar surface area (TPSA) is 41.6 Å². The second kappa shape index (κ2) is 4.81. The number of aromatic nitrogens is 3. The van der Waals surface area contributed by atoms with E-state index in [1.165, 1.54) is 0 Å². The molecule has 5 heteroatoms. The summed E-state index contributed by atoms with van der Waals surface area (Å²) < 4.78 is 0. The Balaban J connectivity index is 2.04. The van der Waals surface area contributed by atoms with Gasteiger partial charge in [-0.3, -0.25) is 5.10 Å². The molecule has 0 aliphatic rings. The molecule has 80 valence electrons. The lowest BCUT2D eigenvalue weighted by atomic mass is 10.3. The van der Waals surface area contributed by atoms with E-state index < -0.39 is 0 Å². The van der Waals surface area contributed by atoms with E-state index in [2.05, 4.69) is 29.0 Å². The molecule has 0 aromatic carbocycles. The van der Waals surface area contributed by atoms with Gasteiger partial charge in [0, 0.05) is 5.75 Å². The summed E-state index contributed by atoms with van der Waals surface area (Å²) in [6.07, 6.45) is 0. The summed E-state index contributed by atoms with van der Waals surface area (Å²) in [6.45, 7) is 4.39. The third kappa shape index (κ3) is 2.82.